The second kappa shape index (κ2) is 5.67. The Balaban J connectivity index is 1.96. The maximum atomic E-state index is 12.1. The molecule has 6 nitrogen and oxygen atoms in total. The van der Waals surface area contributed by atoms with Crippen LogP contribution in [-0.2, 0) is 4.74 Å². The first-order valence-electron chi connectivity index (χ1n) is 6.91. The van der Waals surface area contributed by atoms with Gasteiger partial charge in [0.15, 0.2) is 0 Å². The molecule has 1 aliphatic rings. The van der Waals surface area contributed by atoms with Gasteiger partial charge >= 0.3 is 6.09 Å². The van der Waals surface area contributed by atoms with Crippen LogP contribution in [0.25, 0.3) is 0 Å². The predicted molar refractivity (Wildman–Crippen MR) is 81.5 cm³/mol. The standard InChI is InChI=1S/C14H21ClN4O2/c1-13(2,3)21-12(20)19-6-5-14(4,9-19)18-11-16-7-10(15)8-17-11/h7-8H,5-6,9H2,1-4H3,(H,16,17,18)/t14-/m1/s1. The summed E-state index contributed by atoms with van der Waals surface area (Å²) >= 11 is 5.77. The number of amides is 1. The van der Waals surface area contributed by atoms with Gasteiger partial charge < -0.3 is 15.0 Å². The molecule has 0 spiro atoms. The third-order valence-corrected chi connectivity index (χ3v) is 3.35. The third kappa shape index (κ3) is 4.46. The zero-order chi connectivity index (χ0) is 15.7. The summed E-state index contributed by atoms with van der Waals surface area (Å²) in [5.74, 6) is 0.507. The summed E-state index contributed by atoms with van der Waals surface area (Å²) in [6.45, 7) is 8.81. The first-order valence-corrected chi connectivity index (χ1v) is 7.28. The van der Waals surface area contributed by atoms with Gasteiger partial charge in [-0.25, -0.2) is 14.8 Å². The molecule has 1 N–H and O–H groups in total. The first-order chi connectivity index (χ1) is 9.67. The van der Waals surface area contributed by atoms with Crippen LogP contribution in [0.5, 0.6) is 0 Å². The van der Waals surface area contributed by atoms with E-state index in [-0.39, 0.29) is 11.6 Å². The number of anilines is 1. The minimum atomic E-state index is -0.483. The lowest BCUT2D eigenvalue weighted by atomic mass is 10.0. The van der Waals surface area contributed by atoms with Gasteiger partial charge in [-0.2, -0.15) is 0 Å². The second-order valence-electron chi connectivity index (χ2n) is 6.56. The fraction of sp³-hybridized carbons (Fsp3) is 0.643. The minimum absolute atomic E-state index is 0.273. The number of nitrogens with zero attached hydrogens (tertiary/aromatic N) is 3. The van der Waals surface area contributed by atoms with Crippen molar-refractivity contribution in [1.82, 2.24) is 14.9 Å². The summed E-state index contributed by atoms with van der Waals surface area (Å²) in [4.78, 5) is 22.0. The molecule has 2 rings (SSSR count). The summed E-state index contributed by atoms with van der Waals surface area (Å²) in [6.07, 6.45) is 3.60. The predicted octanol–water partition coefficient (Wildman–Crippen LogP) is 2.94. The Morgan fingerprint density at radius 3 is 2.62 bits per heavy atom. The van der Waals surface area contributed by atoms with Gasteiger partial charge in [0.2, 0.25) is 5.95 Å². The number of ether oxygens (including phenoxy) is 1. The van der Waals surface area contributed by atoms with Crippen LogP contribution in [-0.4, -0.2) is 45.2 Å². The van der Waals surface area contributed by atoms with Crippen LogP contribution in [0.15, 0.2) is 12.4 Å². The summed E-state index contributed by atoms with van der Waals surface area (Å²) in [7, 11) is 0. The molecule has 2 heterocycles. The lowest BCUT2D eigenvalue weighted by Crippen LogP contribution is -2.41. The Morgan fingerprint density at radius 2 is 2.05 bits per heavy atom. The molecule has 1 aromatic heterocycles. The lowest BCUT2D eigenvalue weighted by molar-refractivity contribution is 0.0287. The number of nitrogens with one attached hydrogen (secondary N) is 1. The van der Waals surface area contributed by atoms with Gasteiger partial charge in [0.1, 0.15) is 5.60 Å². The molecule has 1 aromatic rings. The van der Waals surface area contributed by atoms with E-state index in [9.17, 15) is 4.79 Å². The van der Waals surface area contributed by atoms with E-state index >= 15 is 0 Å². The van der Waals surface area contributed by atoms with Gasteiger partial charge in [-0.3, -0.25) is 0 Å². The molecule has 0 bridgehead atoms. The molecule has 21 heavy (non-hydrogen) atoms. The SMILES string of the molecule is CC(C)(C)OC(=O)N1CC[C@@](C)(Nc2ncc(Cl)cn2)C1. The lowest BCUT2D eigenvalue weighted by Gasteiger charge is -2.27. The average molecular weight is 313 g/mol. The molecule has 1 saturated heterocycles. The Hall–Kier alpha value is -1.56. The van der Waals surface area contributed by atoms with Crippen LogP contribution in [0.1, 0.15) is 34.1 Å². The molecule has 0 unspecified atom stereocenters. The molecular formula is C14H21ClN4O2. The number of likely N-dealkylation sites (tertiary alicyclic amines) is 1. The maximum absolute atomic E-state index is 12.1. The Morgan fingerprint density at radius 1 is 1.43 bits per heavy atom. The normalized spacial score (nSPS) is 22.2. The van der Waals surface area contributed by atoms with Crippen LogP contribution in [0.4, 0.5) is 10.7 Å². The molecule has 0 radical (unpaired) electrons. The van der Waals surface area contributed by atoms with E-state index in [4.69, 9.17) is 16.3 Å². The number of aromatic nitrogens is 2. The molecule has 0 aliphatic carbocycles. The first kappa shape index (κ1) is 15.8. The molecule has 1 atom stereocenters. The number of hydrogen-bond acceptors (Lipinski definition) is 5. The minimum Gasteiger partial charge on any atom is -0.444 e. The van der Waals surface area contributed by atoms with Gasteiger partial charge in [0, 0.05) is 13.1 Å². The van der Waals surface area contributed by atoms with E-state index in [0.29, 0.717) is 24.1 Å². The van der Waals surface area contributed by atoms with Crippen molar-refractivity contribution in [3.8, 4) is 0 Å². The molecule has 7 heteroatoms. The van der Waals surface area contributed by atoms with Crippen LogP contribution < -0.4 is 5.32 Å². The van der Waals surface area contributed by atoms with Crippen LogP contribution in [0.3, 0.4) is 0 Å². The van der Waals surface area contributed by atoms with Crippen LogP contribution in [0.2, 0.25) is 5.02 Å². The smallest absolute Gasteiger partial charge is 0.410 e. The van der Waals surface area contributed by atoms with Crippen molar-refractivity contribution < 1.29 is 9.53 Å². The van der Waals surface area contributed by atoms with Crippen molar-refractivity contribution in [2.45, 2.75) is 45.3 Å². The highest BCUT2D eigenvalue weighted by Crippen LogP contribution is 2.26. The summed E-state index contributed by atoms with van der Waals surface area (Å²) < 4.78 is 5.39. The van der Waals surface area contributed by atoms with Crippen LogP contribution in [0, 0.1) is 0 Å². The number of hydrogen-bond donors (Lipinski definition) is 1. The van der Waals surface area contributed by atoms with Crippen molar-refractivity contribution in [3.05, 3.63) is 17.4 Å². The Labute approximate surface area is 129 Å². The van der Waals surface area contributed by atoms with Crippen molar-refractivity contribution in [2.75, 3.05) is 18.4 Å². The summed E-state index contributed by atoms with van der Waals surface area (Å²) in [5.41, 5.74) is -0.756. The van der Waals surface area contributed by atoms with E-state index in [2.05, 4.69) is 15.3 Å². The van der Waals surface area contributed by atoms with E-state index in [0.717, 1.165) is 6.42 Å². The molecule has 1 fully saturated rings. The quantitative estimate of drug-likeness (QED) is 0.909. The second-order valence-corrected chi connectivity index (χ2v) is 7.00. The van der Waals surface area contributed by atoms with Crippen molar-refractivity contribution in [1.29, 1.82) is 0 Å². The number of carbonyl (C=O) groups excluding carboxylic acids is 1. The van der Waals surface area contributed by atoms with E-state index in [1.165, 1.54) is 0 Å². The maximum Gasteiger partial charge on any atom is 0.410 e. The third-order valence-electron chi connectivity index (χ3n) is 3.16. The average Bonchev–Trinajstić information content (AvgIpc) is 2.73. The zero-order valence-electron chi connectivity index (χ0n) is 12.8. The Bertz CT molecular complexity index is 515. The fourth-order valence-electron chi connectivity index (χ4n) is 2.19. The van der Waals surface area contributed by atoms with Gasteiger partial charge in [0.25, 0.3) is 0 Å². The van der Waals surface area contributed by atoms with Gasteiger partial charge in [-0.05, 0) is 34.1 Å². The van der Waals surface area contributed by atoms with E-state index < -0.39 is 5.60 Å². The molecule has 0 aromatic carbocycles. The Kier molecular flexibility index (Phi) is 4.27. The molecular weight excluding hydrogens is 292 g/mol. The topological polar surface area (TPSA) is 67.3 Å². The number of carbonyl (C=O) groups is 1. The van der Waals surface area contributed by atoms with Crippen molar-refractivity contribution in [3.63, 3.8) is 0 Å². The summed E-state index contributed by atoms with van der Waals surface area (Å²) in [5, 5.41) is 3.75. The van der Waals surface area contributed by atoms with Crippen LogP contribution >= 0.6 is 11.6 Å². The molecule has 1 amide bonds. The highest BCUT2D eigenvalue weighted by atomic mass is 35.5. The van der Waals surface area contributed by atoms with E-state index in [1.807, 2.05) is 27.7 Å². The highest BCUT2D eigenvalue weighted by molar-refractivity contribution is 6.30. The number of rotatable bonds is 2. The van der Waals surface area contributed by atoms with E-state index in [1.54, 1.807) is 17.3 Å². The van der Waals surface area contributed by atoms with Gasteiger partial charge in [-0.15, -0.1) is 0 Å². The zero-order valence-corrected chi connectivity index (χ0v) is 13.6. The van der Waals surface area contributed by atoms with Gasteiger partial charge in [0.05, 0.1) is 23.0 Å². The van der Waals surface area contributed by atoms with Crippen molar-refractivity contribution in [2.24, 2.45) is 0 Å². The molecule has 1 aliphatic heterocycles. The number of halogens is 1. The summed E-state index contributed by atoms with van der Waals surface area (Å²) in [6, 6.07) is 0. The van der Waals surface area contributed by atoms with Gasteiger partial charge in [-0.1, -0.05) is 11.6 Å². The molecule has 0 saturated carbocycles. The fourth-order valence-corrected chi connectivity index (χ4v) is 2.29. The highest BCUT2D eigenvalue weighted by Gasteiger charge is 2.38. The monoisotopic (exact) mass is 312 g/mol. The largest absolute Gasteiger partial charge is 0.444 e. The molecule has 116 valence electrons. The van der Waals surface area contributed by atoms with Crippen molar-refractivity contribution >= 4 is 23.6 Å².